The molecule has 0 spiro atoms. The molecule has 8 heteroatoms. The van der Waals surface area contributed by atoms with Crippen molar-refractivity contribution in [3.8, 4) is 0 Å². The first-order valence-corrected chi connectivity index (χ1v) is 8.22. The molecule has 0 radical (unpaired) electrons. The summed E-state index contributed by atoms with van der Waals surface area (Å²) in [5, 5.41) is 13.8. The minimum Gasteiger partial charge on any atom is -0.383 e. The van der Waals surface area contributed by atoms with Gasteiger partial charge in [0.15, 0.2) is 4.90 Å². The van der Waals surface area contributed by atoms with Crippen molar-refractivity contribution >= 4 is 21.4 Å². The zero-order valence-corrected chi connectivity index (χ0v) is 12.9. The molecule has 0 heterocycles. The number of para-hydroxylation sites is 1. The SMILES string of the molecule is CNc1cccc(S(=O)(=O)NCC2(C)CCC2)c1[N+](=O)[O-]. The Balaban J connectivity index is 2.33. The topological polar surface area (TPSA) is 101 Å². The van der Waals surface area contributed by atoms with Crippen LogP contribution in [0.4, 0.5) is 11.4 Å². The minimum absolute atomic E-state index is 0.0392. The van der Waals surface area contributed by atoms with E-state index in [2.05, 4.69) is 10.0 Å². The van der Waals surface area contributed by atoms with E-state index in [0.29, 0.717) is 6.54 Å². The van der Waals surface area contributed by atoms with Gasteiger partial charge in [-0.3, -0.25) is 10.1 Å². The van der Waals surface area contributed by atoms with Crippen LogP contribution in [0.2, 0.25) is 0 Å². The molecule has 0 bridgehead atoms. The van der Waals surface area contributed by atoms with Crippen molar-refractivity contribution < 1.29 is 13.3 Å². The van der Waals surface area contributed by atoms with Crippen LogP contribution in [0.25, 0.3) is 0 Å². The molecular formula is C13H19N3O4S. The zero-order valence-electron chi connectivity index (χ0n) is 12.0. The van der Waals surface area contributed by atoms with Crippen LogP contribution in [-0.4, -0.2) is 26.9 Å². The van der Waals surface area contributed by atoms with Crippen LogP contribution in [0.5, 0.6) is 0 Å². The van der Waals surface area contributed by atoms with Gasteiger partial charge < -0.3 is 5.32 Å². The lowest BCUT2D eigenvalue weighted by molar-refractivity contribution is -0.386. The van der Waals surface area contributed by atoms with Gasteiger partial charge in [0.1, 0.15) is 5.69 Å². The van der Waals surface area contributed by atoms with E-state index in [1.54, 1.807) is 0 Å². The number of nitro benzene ring substituents is 1. The van der Waals surface area contributed by atoms with Crippen LogP contribution in [0.3, 0.4) is 0 Å². The van der Waals surface area contributed by atoms with Crippen LogP contribution >= 0.6 is 0 Å². The van der Waals surface area contributed by atoms with E-state index in [9.17, 15) is 18.5 Å². The minimum atomic E-state index is -3.91. The third-order valence-electron chi connectivity index (χ3n) is 3.99. The molecule has 1 aromatic rings. The van der Waals surface area contributed by atoms with Crippen molar-refractivity contribution in [2.45, 2.75) is 31.1 Å². The Hall–Kier alpha value is -1.67. The molecule has 0 aliphatic heterocycles. The molecule has 7 nitrogen and oxygen atoms in total. The first-order chi connectivity index (χ1) is 9.79. The lowest BCUT2D eigenvalue weighted by atomic mass is 9.71. The number of hydrogen-bond donors (Lipinski definition) is 2. The van der Waals surface area contributed by atoms with E-state index in [1.807, 2.05) is 6.92 Å². The van der Waals surface area contributed by atoms with E-state index in [0.717, 1.165) is 19.3 Å². The molecule has 1 aliphatic rings. The van der Waals surface area contributed by atoms with Gasteiger partial charge in [0.25, 0.3) is 0 Å². The van der Waals surface area contributed by atoms with Crippen molar-refractivity contribution in [2.75, 3.05) is 18.9 Å². The largest absolute Gasteiger partial charge is 0.383 e. The molecular weight excluding hydrogens is 294 g/mol. The van der Waals surface area contributed by atoms with E-state index < -0.39 is 20.6 Å². The second kappa shape index (κ2) is 5.61. The number of nitrogens with zero attached hydrogens (tertiary/aromatic N) is 1. The fraction of sp³-hybridized carbons (Fsp3) is 0.538. The summed E-state index contributed by atoms with van der Waals surface area (Å²) in [6.45, 7) is 2.31. The summed E-state index contributed by atoms with van der Waals surface area (Å²) < 4.78 is 27.2. The second-order valence-electron chi connectivity index (χ2n) is 5.65. The van der Waals surface area contributed by atoms with Gasteiger partial charge in [-0.25, -0.2) is 13.1 Å². The molecule has 0 amide bonds. The van der Waals surface area contributed by atoms with E-state index in [4.69, 9.17) is 0 Å². The summed E-state index contributed by atoms with van der Waals surface area (Å²) in [5.74, 6) is 0. The Kier molecular flexibility index (Phi) is 4.20. The summed E-state index contributed by atoms with van der Waals surface area (Å²) in [6.07, 6.45) is 3.02. The van der Waals surface area contributed by atoms with Gasteiger partial charge in [-0.1, -0.05) is 19.4 Å². The van der Waals surface area contributed by atoms with Crippen LogP contribution < -0.4 is 10.0 Å². The van der Waals surface area contributed by atoms with Gasteiger partial charge in [-0.15, -0.1) is 0 Å². The predicted octanol–water partition coefficient (Wildman–Crippen LogP) is 2.10. The van der Waals surface area contributed by atoms with Crippen LogP contribution in [0, 0.1) is 15.5 Å². The average Bonchev–Trinajstić information content (AvgIpc) is 2.42. The Morgan fingerprint density at radius 2 is 2.05 bits per heavy atom. The summed E-state index contributed by atoms with van der Waals surface area (Å²) in [5.41, 5.74) is -0.286. The first-order valence-electron chi connectivity index (χ1n) is 6.74. The normalized spacial score (nSPS) is 17.0. The van der Waals surface area contributed by atoms with Crippen molar-refractivity contribution in [2.24, 2.45) is 5.41 Å². The highest BCUT2D eigenvalue weighted by atomic mass is 32.2. The highest BCUT2D eigenvalue weighted by Crippen LogP contribution is 2.40. The van der Waals surface area contributed by atoms with Crippen molar-refractivity contribution in [1.29, 1.82) is 0 Å². The molecule has 2 N–H and O–H groups in total. The van der Waals surface area contributed by atoms with Crippen LogP contribution in [-0.2, 0) is 10.0 Å². The Bertz CT molecular complexity index is 653. The summed E-state index contributed by atoms with van der Waals surface area (Å²) in [4.78, 5) is 10.2. The molecule has 0 atom stereocenters. The maximum atomic E-state index is 12.4. The molecule has 1 aromatic carbocycles. The van der Waals surface area contributed by atoms with Gasteiger partial charge in [-0.2, -0.15) is 0 Å². The Morgan fingerprint density at radius 3 is 2.52 bits per heavy atom. The van der Waals surface area contributed by atoms with Crippen LogP contribution in [0.1, 0.15) is 26.2 Å². The summed E-state index contributed by atoms with van der Waals surface area (Å²) in [6, 6.07) is 4.22. The van der Waals surface area contributed by atoms with Gasteiger partial charge >= 0.3 is 5.69 Å². The standard InChI is InChI=1S/C13H19N3O4S/c1-13(7-4-8-13)9-15-21(19,20)11-6-3-5-10(14-2)12(11)16(17)18/h3,5-6,14-15H,4,7-9H2,1-2H3. The number of nitro groups is 1. The first kappa shape index (κ1) is 15.7. The molecule has 0 saturated heterocycles. The highest BCUT2D eigenvalue weighted by Gasteiger charge is 2.35. The third kappa shape index (κ3) is 3.16. The molecule has 2 rings (SSSR count). The number of sulfonamides is 1. The lowest BCUT2D eigenvalue weighted by Gasteiger charge is -2.38. The Morgan fingerprint density at radius 1 is 1.38 bits per heavy atom. The van der Waals surface area contributed by atoms with E-state index in [1.165, 1.54) is 25.2 Å². The van der Waals surface area contributed by atoms with Crippen molar-refractivity contribution in [3.05, 3.63) is 28.3 Å². The fourth-order valence-corrected chi connectivity index (χ4v) is 3.82. The molecule has 1 fully saturated rings. The number of benzene rings is 1. The third-order valence-corrected chi connectivity index (χ3v) is 5.42. The average molecular weight is 313 g/mol. The maximum absolute atomic E-state index is 12.4. The lowest BCUT2D eigenvalue weighted by Crippen LogP contribution is -2.40. The quantitative estimate of drug-likeness (QED) is 0.618. The predicted molar refractivity (Wildman–Crippen MR) is 79.8 cm³/mol. The van der Waals surface area contributed by atoms with Crippen molar-refractivity contribution in [3.63, 3.8) is 0 Å². The van der Waals surface area contributed by atoms with Gasteiger partial charge in [-0.05, 0) is 30.4 Å². The van der Waals surface area contributed by atoms with Gasteiger partial charge in [0.2, 0.25) is 10.0 Å². The molecule has 1 saturated carbocycles. The molecule has 0 unspecified atom stereocenters. The van der Waals surface area contributed by atoms with E-state index >= 15 is 0 Å². The van der Waals surface area contributed by atoms with Crippen LogP contribution in [0.15, 0.2) is 23.1 Å². The second-order valence-corrected chi connectivity index (χ2v) is 7.38. The van der Waals surface area contributed by atoms with E-state index in [-0.39, 0.29) is 16.0 Å². The van der Waals surface area contributed by atoms with Gasteiger partial charge in [0.05, 0.1) is 4.92 Å². The Labute approximate surface area is 123 Å². The van der Waals surface area contributed by atoms with Gasteiger partial charge in [0, 0.05) is 13.6 Å². The highest BCUT2D eigenvalue weighted by molar-refractivity contribution is 7.89. The number of anilines is 1. The number of rotatable bonds is 6. The van der Waals surface area contributed by atoms with Crippen molar-refractivity contribution in [1.82, 2.24) is 4.72 Å². The fourth-order valence-electron chi connectivity index (χ4n) is 2.43. The smallest absolute Gasteiger partial charge is 0.312 e. The molecule has 21 heavy (non-hydrogen) atoms. The monoisotopic (exact) mass is 313 g/mol. The summed E-state index contributed by atoms with van der Waals surface area (Å²) >= 11 is 0. The molecule has 0 aromatic heterocycles. The maximum Gasteiger partial charge on any atom is 0.312 e. The number of nitrogens with one attached hydrogen (secondary N) is 2. The summed E-state index contributed by atoms with van der Waals surface area (Å²) in [7, 11) is -2.39. The zero-order chi connectivity index (χ0) is 15.7. The molecule has 116 valence electrons. The molecule has 1 aliphatic carbocycles. The number of hydrogen-bond acceptors (Lipinski definition) is 5.